The van der Waals surface area contributed by atoms with Gasteiger partial charge in [0.25, 0.3) is 0 Å². The second-order valence-corrected chi connectivity index (χ2v) is 6.68. The minimum Gasteiger partial charge on any atom is -0.486 e. The SMILES string of the molecule is CC(C)C1(C(C)C)C[C@H](O)c2ccc(Br)cc2O1. The summed E-state index contributed by atoms with van der Waals surface area (Å²) in [5.74, 6) is 1.53. The average Bonchev–Trinajstić information content (AvgIpc) is 2.27. The molecular weight excluding hydrogens is 292 g/mol. The Labute approximate surface area is 117 Å². The van der Waals surface area contributed by atoms with Crippen molar-refractivity contribution >= 4 is 15.9 Å². The number of hydrogen-bond donors (Lipinski definition) is 1. The van der Waals surface area contributed by atoms with Crippen LogP contribution in [0.4, 0.5) is 0 Å². The highest BCUT2D eigenvalue weighted by Gasteiger charge is 2.45. The van der Waals surface area contributed by atoms with E-state index in [0.717, 1.165) is 15.8 Å². The lowest BCUT2D eigenvalue weighted by Crippen LogP contribution is -2.50. The van der Waals surface area contributed by atoms with E-state index in [9.17, 15) is 5.11 Å². The molecule has 1 atom stereocenters. The summed E-state index contributed by atoms with van der Waals surface area (Å²) in [4.78, 5) is 0. The number of halogens is 1. The molecule has 1 N–H and O–H groups in total. The van der Waals surface area contributed by atoms with E-state index in [-0.39, 0.29) is 5.60 Å². The Morgan fingerprint density at radius 3 is 2.44 bits per heavy atom. The lowest BCUT2D eigenvalue weighted by atomic mass is 9.73. The molecular formula is C15H21BrO2. The van der Waals surface area contributed by atoms with Crippen molar-refractivity contribution in [3.05, 3.63) is 28.2 Å². The zero-order valence-corrected chi connectivity index (χ0v) is 13.0. The second-order valence-electron chi connectivity index (χ2n) is 5.77. The summed E-state index contributed by atoms with van der Waals surface area (Å²) >= 11 is 3.46. The smallest absolute Gasteiger partial charge is 0.127 e. The molecule has 1 aromatic rings. The quantitative estimate of drug-likeness (QED) is 0.881. The predicted octanol–water partition coefficient (Wildman–Crippen LogP) is 4.32. The number of aliphatic hydroxyl groups is 1. The molecule has 100 valence electrons. The maximum absolute atomic E-state index is 10.4. The molecule has 0 radical (unpaired) electrons. The Morgan fingerprint density at radius 2 is 1.89 bits per heavy atom. The lowest BCUT2D eigenvalue weighted by molar-refractivity contribution is -0.0772. The molecule has 1 aliphatic rings. The molecule has 0 fully saturated rings. The number of rotatable bonds is 2. The van der Waals surface area contributed by atoms with Crippen molar-refractivity contribution in [3.8, 4) is 5.75 Å². The molecule has 1 aromatic carbocycles. The van der Waals surface area contributed by atoms with Crippen molar-refractivity contribution in [3.63, 3.8) is 0 Å². The Bertz CT molecular complexity index is 432. The fraction of sp³-hybridized carbons (Fsp3) is 0.600. The topological polar surface area (TPSA) is 29.5 Å². The molecule has 0 aromatic heterocycles. The molecule has 2 rings (SSSR count). The minimum absolute atomic E-state index is 0.285. The Kier molecular flexibility index (Phi) is 3.75. The largest absolute Gasteiger partial charge is 0.486 e. The van der Waals surface area contributed by atoms with E-state index >= 15 is 0 Å². The van der Waals surface area contributed by atoms with Crippen molar-refractivity contribution in [2.24, 2.45) is 11.8 Å². The van der Waals surface area contributed by atoms with Crippen LogP contribution in [-0.2, 0) is 0 Å². The zero-order valence-electron chi connectivity index (χ0n) is 11.4. The van der Waals surface area contributed by atoms with Gasteiger partial charge in [0.15, 0.2) is 0 Å². The lowest BCUT2D eigenvalue weighted by Gasteiger charge is -2.46. The standard InChI is InChI=1S/C15H21BrO2/c1-9(2)15(10(3)4)8-13(17)12-6-5-11(16)7-14(12)18-15/h5-7,9-10,13,17H,8H2,1-4H3/t13-/m0/s1. The Morgan fingerprint density at radius 1 is 1.28 bits per heavy atom. The molecule has 1 aliphatic heterocycles. The van der Waals surface area contributed by atoms with Gasteiger partial charge in [0.05, 0.1) is 6.10 Å². The molecule has 0 bridgehead atoms. The summed E-state index contributed by atoms with van der Waals surface area (Å²) < 4.78 is 7.29. The van der Waals surface area contributed by atoms with Crippen LogP contribution >= 0.6 is 15.9 Å². The molecule has 0 unspecified atom stereocenters. The van der Waals surface area contributed by atoms with Crippen LogP contribution in [0.5, 0.6) is 5.75 Å². The van der Waals surface area contributed by atoms with Gasteiger partial charge in [0, 0.05) is 16.5 Å². The fourth-order valence-electron chi connectivity index (χ4n) is 2.90. The van der Waals surface area contributed by atoms with Gasteiger partial charge in [0.1, 0.15) is 11.4 Å². The van der Waals surface area contributed by atoms with E-state index in [0.29, 0.717) is 18.3 Å². The molecule has 0 saturated heterocycles. The van der Waals surface area contributed by atoms with Gasteiger partial charge in [-0.05, 0) is 24.0 Å². The van der Waals surface area contributed by atoms with Gasteiger partial charge in [0.2, 0.25) is 0 Å². The van der Waals surface area contributed by atoms with Gasteiger partial charge in [-0.3, -0.25) is 0 Å². The monoisotopic (exact) mass is 312 g/mol. The minimum atomic E-state index is -0.438. The second kappa shape index (κ2) is 4.86. The number of fused-ring (bicyclic) bond motifs is 1. The number of benzene rings is 1. The Hall–Kier alpha value is -0.540. The van der Waals surface area contributed by atoms with Crippen LogP contribution in [0.25, 0.3) is 0 Å². The molecule has 0 amide bonds. The molecule has 1 heterocycles. The third-order valence-electron chi connectivity index (χ3n) is 4.10. The third-order valence-corrected chi connectivity index (χ3v) is 4.59. The van der Waals surface area contributed by atoms with Crippen LogP contribution in [0.15, 0.2) is 22.7 Å². The maximum Gasteiger partial charge on any atom is 0.127 e. The van der Waals surface area contributed by atoms with Crippen molar-refractivity contribution in [2.45, 2.75) is 45.8 Å². The van der Waals surface area contributed by atoms with E-state index < -0.39 is 6.10 Å². The van der Waals surface area contributed by atoms with E-state index in [2.05, 4.69) is 43.6 Å². The zero-order chi connectivity index (χ0) is 13.5. The number of hydrogen-bond acceptors (Lipinski definition) is 2. The molecule has 0 saturated carbocycles. The van der Waals surface area contributed by atoms with Crippen LogP contribution in [0.1, 0.15) is 45.8 Å². The third kappa shape index (κ3) is 2.19. The maximum atomic E-state index is 10.4. The van der Waals surface area contributed by atoms with E-state index in [1.54, 1.807) is 0 Å². The van der Waals surface area contributed by atoms with Crippen molar-refractivity contribution in [2.75, 3.05) is 0 Å². The van der Waals surface area contributed by atoms with Gasteiger partial charge < -0.3 is 9.84 Å². The number of aliphatic hydroxyl groups excluding tert-OH is 1. The Balaban J connectivity index is 2.47. The first-order valence-corrected chi connectivity index (χ1v) is 7.32. The van der Waals surface area contributed by atoms with Crippen LogP contribution in [-0.4, -0.2) is 10.7 Å². The van der Waals surface area contributed by atoms with Crippen LogP contribution in [0, 0.1) is 11.8 Å². The molecule has 2 nitrogen and oxygen atoms in total. The van der Waals surface area contributed by atoms with Crippen LogP contribution in [0.2, 0.25) is 0 Å². The van der Waals surface area contributed by atoms with Gasteiger partial charge in [-0.1, -0.05) is 49.7 Å². The van der Waals surface area contributed by atoms with Crippen LogP contribution in [0.3, 0.4) is 0 Å². The first-order valence-electron chi connectivity index (χ1n) is 6.53. The van der Waals surface area contributed by atoms with Crippen molar-refractivity contribution in [1.82, 2.24) is 0 Å². The van der Waals surface area contributed by atoms with E-state index in [1.165, 1.54) is 0 Å². The van der Waals surface area contributed by atoms with Crippen molar-refractivity contribution < 1.29 is 9.84 Å². The molecule has 18 heavy (non-hydrogen) atoms. The van der Waals surface area contributed by atoms with Gasteiger partial charge in [-0.15, -0.1) is 0 Å². The molecule has 0 aliphatic carbocycles. The molecule has 3 heteroatoms. The van der Waals surface area contributed by atoms with Crippen LogP contribution < -0.4 is 4.74 Å². The summed E-state index contributed by atoms with van der Waals surface area (Å²) in [7, 11) is 0. The summed E-state index contributed by atoms with van der Waals surface area (Å²) in [6.45, 7) is 8.65. The predicted molar refractivity (Wildman–Crippen MR) is 76.8 cm³/mol. The first-order chi connectivity index (χ1) is 8.36. The van der Waals surface area contributed by atoms with Gasteiger partial charge in [-0.25, -0.2) is 0 Å². The summed E-state index contributed by atoms with van der Waals surface area (Å²) in [5.41, 5.74) is 0.614. The van der Waals surface area contributed by atoms with Gasteiger partial charge in [-0.2, -0.15) is 0 Å². The normalized spacial score (nSPS) is 21.9. The van der Waals surface area contributed by atoms with E-state index in [1.807, 2.05) is 18.2 Å². The highest BCUT2D eigenvalue weighted by molar-refractivity contribution is 9.10. The highest BCUT2D eigenvalue weighted by atomic mass is 79.9. The number of ether oxygens (including phenoxy) is 1. The summed E-state index contributed by atoms with van der Waals surface area (Å²) in [6, 6.07) is 5.84. The van der Waals surface area contributed by atoms with Gasteiger partial charge >= 0.3 is 0 Å². The average molecular weight is 313 g/mol. The van der Waals surface area contributed by atoms with Crippen molar-refractivity contribution in [1.29, 1.82) is 0 Å². The summed E-state index contributed by atoms with van der Waals surface area (Å²) in [6.07, 6.45) is 0.225. The highest BCUT2D eigenvalue weighted by Crippen LogP contribution is 2.46. The summed E-state index contributed by atoms with van der Waals surface area (Å²) in [5, 5.41) is 10.4. The molecule has 0 spiro atoms. The fourth-order valence-corrected chi connectivity index (χ4v) is 3.24. The van der Waals surface area contributed by atoms with E-state index in [4.69, 9.17) is 4.74 Å². The first kappa shape index (κ1) is 13.9.